The van der Waals surface area contributed by atoms with E-state index >= 15 is 0 Å². The van der Waals surface area contributed by atoms with Crippen molar-refractivity contribution < 1.29 is 13.9 Å². The Morgan fingerprint density at radius 3 is 3.00 bits per heavy atom. The Hall–Kier alpha value is -2.61. The Morgan fingerprint density at radius 1 is 1.33 bits per heavy atom. The molecule has 2 heterocycles. The first-order valence-electron chi connectivity index (χ1n) is 7.26. The minimum atomic E-state index is -0.134. The third kappa shape index (κ3) is 4.02. The van der Waals surface area contributed by atoms with Gasteiger partial charge in [-0.05, 0) is 25.1 Å². The van der Waals surface area contributed by atoms with Gasteiger partial charge in [0.05, 0.1) is 19.4 Å². The second kappa shape index (κ2) is 7.31. The predicted octanol–water partition coefficient (Wildman–Crippen LogP) is 2.34. The molecule has 24 heavy (non-hydrogen) atoms. The van der Waals surface area contributed by atoms with Crippen LogP contribution < -0.4 is 10.1 Å². The summed E-state index contributed by atoms with van der Waals surface area (Å²) < 4.78 is 10.7. The molecule has 2 aromatic heterocycles. The molecule has 0 radical (unpaired) electrons. The topological polar surface area (TPSA) is 90.1 Å². The normalized spacial score (nSPS) is 10.8. The lowest BCUT2D eigenvalue weighted by molar-refractivity contribution is -0.118. The van der Waals surface area contributed by atoms with Crippen molar-refractivity contribution in [2.45, 2.75) is 18.6 Å². The highest BCUT2D eigenvalue weighted by Crippen LogP contribution is 2.21. The fourth-order valence-electron chi connectivity index (χ4n) is 2.01. The van der Waals surface area contributed by atoms with Crippen LogP contribution in [0.1, 0.15) is 11.6 Å². The lowest BCUT2D eigenvalue weighted by atomic mass is 10.3. The van der Waals surface area contributed by atoms with Crippen LogP contribution in [0.5, 0.6) is 5.75 Å². The van der Waals surface area contributed by atoms with Gasteiger partial charge in [-0.25, -0.2) is 15.0 Å². The first-order chi connectivity index (χ1) is 11.6. The molecule has 0 aliphatic rings. The van der Waals surface area contributed by atoms with E-state index in [4.69, 9.17) is 9.15 Å². The van der Waals surface area contributed by atoms with E-state index in [1.54, 1.807) is 31.5 Å². The van der Waals surface area contributed by atoms with E-state index in [9.17, 15) is 4.79 Å². The second-order valence-electron chi connectivity index (χ2n) is 4.99. The molecule has 0 saturated heterocycles. The number of hydrogen-bond acceptors (Lipinski definition) is 7. The Morgan fingerprint density at radius 2 is 2.21 bits per heavy atom. The van der Waals surface area contributed by atoms with Crippen molar-refractivity contribution in [3.05, 3.63) is 42.0 Å². The molecule has 0 aliphatic heterocycles. The largest absolute Gasteiger partial charge is 0.497 e. The summed E-state index contributed by atoms with van der Waals surface area (Å²) in [6.07, 6.45) is 1.68. The van der Waals surface area contributed by atoms with Gasteiger partial charge in [0.2, 0.25) is 11.8 Å². The van der Waals surface area contributed by atoms with Crippen LogP contribution in [0.15, 0.2) is 40.0 Å². The lowest BCUT2D eigenvalue weighted by Gasteiger charge is -2.02. The molecule has 0 spiro atoms. The summed E-state index contributed by atoms with van der Waals surface area (Å²) in [5.41, 5.74) is 2.22. The van der Waals surface area contributed by atoms with Gasteiger partial charge in [-0.1, -0.05) is 11.8 Å². The van der Waals surface area contributed by atoms with E-state index in [2.05, 4.69) is 20.3 Å². The molecule has 3 rings (SSSR count). The number of rotatable bonds is 6. The molecule has 0 bridgehead atoms. The van der Waals surface area contributed by atoms with Crippen LogP contribution in [0.2, 0.25) is 0 Å². The van der Waals surface area contributed by atoms with Crippen molar-refractivity contribution in [3.63, 3.8) is 0 Å². The van der Waals surface area contributed by atoms with Crippen LogP contribution in [0.4, 0.5) is 0 Å². The fraction of sp³-hybridized carbons (Fsp3) is 0.250. The van der Waals surface area contributed by atoms with Gasteiger partial charge in [0.15, 0.2) is 10.7 Å². The Bertz CT molecular complexity index is 865. The Kier molecular flexibility index (Phi) is 4.95. The van der Waals surface area contributed by atoms with E-state index in [1.165, 1.54) is 11.8 Å². The quantitative estimate of drug-likeness (QED) is 0.542. The van der Waals surface area contributed by atoms with Gasteiger partial charge in [0, 0.05) is 18.0 Å². The minimum absolute atomic E-state index is 0.134. The van der Waals surface area contributed by atoms with Crippen LogP contribution in [-0.2, 0) is 11.3 Å². The number of methoxy groups -OCH3 is 1. The van der Waals surface area contributed by atoms with Gasteiger partial charge in [-0.15, -0.1) is 0 Å². The summed E-state index contributed by atoms with van der Waals surface area (Å²) in [6.45, 7) is 2.11. The van der Waals surface area contributed by atoms with Crippen molar-refractivity contribution in [1.29, 1.82) is 0 Å². The number of hydrogen-bond donors (Lipinski definition) is 1. The average molecular weight is 344 g/mol. The number of amides is 1. The lowest BCUT2D eigenvalue weighted by Crippen LogP contribution is -2.24. The number of nitrogens with zero attached hydrogens (tertiary/aromatic N) is 3. The molecule has 0 fully saturated rings. The maximum Gasteiger partial charge on any atom is 0.230 e. The molecule has 0 unspecified atom stereocenters. The average Bonchev–Trinajstić information content (AvgIpc) is 3.00. The highest BCUT2D eigenvalue weighted by molar-refractivity contribution is 7.99. The maximum atomic E-state index is 11.9. The zero-order valence-electron chi connectivity index (χ0n) is 13.3. The molecule has 0 saturated carbocycles. The molecule has 0 atom stereocenters. The number of fused-ring (bicyclic) bond motifs is 1. The van der Waals surface area contributed by atoms with Crippen LogP contribution >= 0.6 is 11.8 Å². The number of nitrogens with one attached hydrogen (secondary N) is 1. The molecule has 1 amide bonds. The molecule has 124 valence electrons. The van der Waals surface area contributed by atoms with E-state index in [0.29, 0.717) is 27.9 Å². The number of aryl methyl sites for hydroxylation is 1. The van der Waals surface area contributed by atoms with Gasteiger partial charge in [0.1, 0.15) is 11.3 Å². The van der Waals surface area contributed by atoms with Crippen molar-refractivity contribution in [1.82, 2.24) is 20.3 Å². The molecular weight excluding hydrogens is 328 g/mol. The Balaban J connectivity index is 1.54. The summed E-state index contributed by atoms with van der Waals surface area (Å²) >= 11 is 1.29. The number of oxazole rings is 1. The first kappa shape index (κ1) is 16.3. The highest BCUT2D eigenvalue weighted by Gasteiger charge is 2.09. The molecule has 1 N–H and O–H groups in total. The standard InChI is InChI=1S/C16H16N4O3S/c1-10-5-6-17-16(19-10)24-9-14(21)18-8-15-20-12-7-11(22-2)3-4-13(12)23-15/h3-7H,8-9H2,1-2H3,(H,18,21). The minimum Gasteiger partial charge on any atom is -0.497 e. The second-order valence-corrected chi connectivity index (χ2v) is 5.93. The molecule has 3 aromatic rings. The number of benzene rings is 1. The van der Waals surface area contributed by atoms with Gasteiger partial charge in [-0.2, -0.15) is 0 Å². The van der Waals surface area contributed by atoms with E-state index in [0.717, 1.165) is 5.69 Å². The summed E-state index contributed by atoms with van der Waals surface area (Å²) in [4.78, 5) is 24.6. The third-order valence-electron chi connectivity index (χ3n) is 3.18. The number of aromatic nitrogens is 3. The van der Waals surface area contributed by atoms with Gasteiger partial charge in [0.25, 0.3) is 0 Å². The third-order valence-corrected chi connectivity index (χ3v) is 4.04. The summed E-state index contributed by atoms with van der Waals surface area (Å²) in [5, 5.41) is 3.35. The zero-order chi connectivity index (χ0) is 16.9. The smallest absolute Gasteiger partial charge is 0.230 e. The molecule has 0 aliphatic carbocycles. The molecular formula is C16H16N4O3S. The van der Waals surface area contributed by atoms with Crippen LogP contribution in [0.3, 0.4) is 0 Å². The van der Waals surface area contributed by atoms with Gasteiger partial charge >= 0.3 is 0 Å². The zero-order valence-corrected chi connectivity index (χ0v) is 14.1. The van der Waals surface area contributed by atoms with Crippen LogP contribution in [0, 0.1) is 6.92 Å². The summed E-state index contributed by atoms with van der Waals surface area (Å²) in [7, 11) is 1.60. The predicted molar refractivity (Wildman–Crippen MR) is 89.9 cm³/mol. The van der Waals surface area contributed by atoms with Gasteiger partial charge < -0.3 is 14.5 Å². The maximum absolute atomic E-state index is 11.9. The van der Waals surface area contributed by atoms with Crippen molar-refractivity contribution >= 4 is 28.8 Å². The van der Waals surface area contributed by atoms with Crippen molar-refractivity contribution in [2.24, 2.45) is 0 Å². The van der Waals surface area contributed by atoms with Crippen LogP contribution in [-0.4, -0.2) is 33.7 Å². The summed E-state index contributed by atoms with van der Waals surface area (Å²) in [5.74, 6) is 1.26. The molecule has 7 nitrogen and oxygen atoms in total. The van der Waals surface area contributed by atoms with Gasteiger partial charge in [-0.3, -0.25) is 4.79 Å². The Labute approximate surface area is 142 Å². The highest BCUT2D eigenvalue weighted by atomic mass is 32.2. The number of carbonyl (C=O) groups is 1. The number of carbonyl (C=O) groups excluding carboxylic acids is 1. The van der Waals surface area contributed by atoms with Crippen LogP contribution in [0.25, 0.3) is 11.1 Å². The van der Waals surface area contributed by atoms with E-state index < -0.39 is 0 Å². The monoisotopic (exact) mass is 344 g/mol. The first-order valence-corrected chi connectivity index (χ1v) is 8.25. The number of ether oxygens (including phenoxy) is 1. The van der Waals surface area contributed by atoms with Crippen molar-refractivity contribution in [3.8, 4) is 5.75 Å². The van der Waals surface area contributed by atoms with Crippen molar-refractivity contribution in [2.75, 3.05) is 12.9 Å². The summed E-state index contributed by atoms with van der Waals surface area (Å²) in [6, 6.07) is 7.19. The fourth-order valence-corrected chi connectivity index (χ4v) is 2.71. The SMILES string of the molecule is COc1ccc2oc(CNC(=O)CSc3nccc(C)n3)nc2c1. The number of thioether (sulfide) groups is 1. The van der Waals surface area contributed by atoms with E-state index in [1.807, 2.05) is 13.0 Å². The molecule has 1 aromatic carbocycles. The molecule has 8 heteroatoms. The van der Waals surface area contributed by atoms with E-state index in [-0.39, 0.29) is 18.2 Å².